The van der Waals surface area contributed by atoms with Gasteiger partial charge in [-0.1, -0.05) is 12.1 Å². The first-order valence-electron chi connectivity index (χ1n) is 8.04. The highest BCUT2D eigenvalue weighted by Crippen LogP contribution is 2.39. The van der Waals surface area contributed by atoms with E-state index in [9.17, 15) is 14.0 Å². The van der Waals surface area contributed by atoms with Crippen molar-refractivity contribution in [1.82, 2.24) is 5.32 Å². The molecule has 1 saturated carbocycles. The standard InChI is InChI=1S/C19H19FN2O3/c1-25-15-8-2-12(3-9-15)11-21-18(23)16-10-17(16)19(24)22-14-6-4-13(20)5-7-14/h2-9,16-17H,10-11H2,1H3,(H,21,23)(H,22,24). The summed E-state index contributed by atoms with van der Waals surface area (Å²) in [6.45, 7) is 0.408. The van der Waals surface area contributed by atoms with Crippen molar-refractivity contribution in [3.05, 3.63) is 59.9 Å². The van der Waals surface area contributed by atoms with Gasteiger partial charge >= 0.3 is 0 Å². The zero-order valence-corrected chi connectivity index (χ0v) is 13.8. The molecule has 0 aliphatic heterocycles. The van der Waals surface area contributed by atoms with Crippen molar-refractivity contribution in [2.24, 2.45) is 11.8 Å². The molecule has 0 radical (unpaired) electrons. The Kier molecular flexibility index (Phi) is 4.97. The third kappa shape index (κ3) is 4.35. The lowest BCUT2D eigenvalue weighted by molar-refractivity contribution is -0.125. The van der Waals surface area contributed by atoms with Crippen molar-refractivity contribution in [3.63, 3.8) is 0 Å². The average Bonchev–Trinajstić information content (AvgIpc) is 3.43. The second-order valence-electron chi connectivity index (χ2n) is 6.01. The molecule has 2 unspecified atom stereocenters. The van der Waals surface area contributed by atoms with Crippen molar-refractivity contribution in [1.29, 1.82) is 0 Å². The smallest absolute Gasteiger partial charge is 0.228 e. The molecule has 0 spiro atoms. The van der Waals surface area contributed by atoms with Gasteiger partial charge in [0.2, 0.25) is 11.8 Å². The minimum atomic E-state index is -0.361. The number of hydrogen-bond donors (Lipinski definition) is 2. The van der Waals surface area contributed by atoms with Gasteiger partial charge in [-0.15, -0.1) is 0 Å². The largest absolute Gasteiger partial charge is 0.497 e. The van der Waals surface area contributed by atoms with Gasteiger partial charge in [0, 0.05) is 12.2 Å². The molecule has 1 aliphatic rings. The first kappa shape index (κ1) is 17.0. The second-order valence-corrected chi connectivity index (χ2v) is 6.01. The number of amides is 2. The van der Waals surface area contributed by atoms with Crippen LogP contribution in [0.2, 0.25) is 0 Å². The number of anilines is 1. The van der Waals surface area contributed by atoms with Crippen LogP contribution < -0.4 is 15.4 Å². The van der Waals surface area contributed by atoms with E-state index in [-0.39, 0.29) is 29.5 Å². The van der Waals surface area contributed by atoms with Crippen LogP contribution in [0.3, 0.4) is 0 Å². The third-order valence-corrected chi connectivity index (χ3v) is 4.20. The van der Waals surface area contributed by atoms with Crippen molar-refractivity contribution >= 4 is 17.5 Å². The highest BCUT2D eigenvalue weighted by atomic mass is 19.1. The minimum Gasteiger partial charge on any atom is -0.497 e. The number of carbonyl (C=O) groups is 2. The fourth-order valence-corrected chi connectivity index (χ4v) is 2.61. The summed E-state index contributed by atoms with van der Waals surface area (Å²) in [7, 11) is 1.60. The third-order valence-electron chi connectivity index (χ3n) is 4.20. The average molecular weight is 342 g/mol. The maximum Gasteiger partial charge on any atom is 0.228 e. The summed E-state index contributed by atoms with van der Waals surface area (Å²) < 4.78 is 17.9. The van der Waals surface area contributed by atoms with Crippen LogP contribution in [0.15, 0.2) is 48.5 Å². The van der Waals surface area contributed by atoms with Crippen molar-refractivity contribution in [2.45, 2.75) is 13.0 Å². The monoisotopic (exact) mass is 342 g/mol. The Labute approximate surface area is 145 Å². The molecule has 6 heteroatoms. The Morgan fingerprint density at radius 1 is 1.04 bits per heavy atom. The predicted molar refractivity (Wildman–Crippen MR) is 91.5 cm³/mol. The molecule has 2 N–H and O–H groups in total. The Morgan fingerprint density at radius 3 is 2.32 bits per heavy atom. The predicted octanol–water partition coefficient (Wildman–Crippen LogP) is 2.73. The number of carbonyl (C=O) groups excluding carboxylic acids is 2. The highest BCUT2D eigenvalue weighted by Gasteiger charge is 2.47. The first-order chi connectivity index (χ1) is 12.1. The normalized spacial score (nSPS) is 18.3. The Hall–Kier alpha value is -2.89. The summed E-state index contributed by atoms with van der Waals surface area (Å²) in [5.41, 5.74) is 1.48. The molecule has 2 aromatic rings. The number of nitrogens with one attached hydrogen (secondary N) is 2. The summed E-state index contributed by atoms with van der Waals surface area (Å²) in [6.07, 6.45) is 0.529. The van der Waals surface area contributed by atoms with E-state index in [1.165, 1.54) is 24.3 Å². The molecule has 25 heavy (non-hydrogen) atoms. The quantitative estimate of drug-likeness (QED) is 0.848. The maximum absolute atomic E-state index is 12.9. The van der Waals surface area contributed by atoms with Gasteiger partial charge in [-0.3, -0.25) is 9.59 Å². The van der Waals surface area contributed by atoms with E-state index >= 15 is 0 Å². The molecular formula is C19H19FN2O3. The van der Waals surface area contributed by atoms with Crippen LogP contribution in [0, 0.1) is 17.7 Å². The van der Waals surface area contributed by atoms with Crippen LogP contribution in [0.1, 0.15) is 12.0 Å². The summed E-state index contributed by atoms with van der Waals surface area (Å²) in [4.78, 5) is 24.3. The Bertz CT molecular complexity index is 759. The van der Waals surface area contributed by atoms with E-state index in [1.807, 2.05) is 24.3 Å². The zero-order valence-electron chi connectivity index (χ0n) is 13.8. The fraction of sp³-hybridized carbons (Fsp3) is 0.263. The molecule has 1 fully saturated rings. The van der Waals surface area contributed by atoms with E-state index in [1.54, 1.807) is 7.11 Å². The van der Waals surface area contributed by atoms with E-state index in [2.05, 4.69) is 10.6 Å². The summed E-state index contributed by atoms with van der Waals surface area (Å²) in [5, 5.41) is 5.55. The number of benzene rings is 2. The summed E-state index contributed by atoms with van der Waals surface area (Å²) in [5.74, 6) is -0.582. The molecule has 5 nitrogen and oxygen atoms in total. The number of methoxy groups -OCH3 is 1. The Morgan fingerprint density at radius 2 is 1.68 bits per heavy atom. The number of halogens is 1. The van der Waals surface area contributed by atoms with Crippen molar-refractivity contribution in [3.8, 4) is 5.75 Å². The molecule has 3 rings (SSSR count). The van der Waals surface area contributed by atoms with Crippen molar-refractivity contribution < 1.29 is 18.7 Å². The van der Waals surface area contributed by atoms with Gasteiger partial charge in [-0.25, -0.2) is 4.39 Å². The van der Waals surface area contributed by atoms with E-state index < -0.39 is 0 Å². The van der Waals surface area contributed by atoms with Gasteiger partial charge in [0.05, 0.1) is 18.9 Å². The molecule has 130 valence electrons. The van der Waals surface area contributed by atoms with E-state index in [0.29, 0.717) is 18.7 Å². The summed E-state index contributed by atoms with van der Waals surface area (Å²) >= 11 is 0. The molecule has 0 bridgehead atoms. The minimum absolute atomic E-state index is 0.130. The SMILES string of the molecule is COc1ccc(CNC(=O)C2CC2C(=O)Nc2ccc(F)cc2)cc1. The topological polar surface area (TPSA) is 67.4 Å². The molecule has 2 aromatic carbocycles. The van der Waals surface area contributed by atoms with Gasteiger partial charge in [-0.2, -0.15) is 0 Å². The molecule has 2 amide bonds. The molecule has 0 heterocycles. The lowest BCUT2D eigenvalue weighted by Crippen LogP contribution is -2.27. The molecular weight excluding hydrogens is 323 g/mol. The molecule has 1 aliphatic carbocycles. The maximum atomic E-state index is 12.9. The van der Waals surface area contributed by atoms with Gasteiger partial charge in [0.1, 0.15) is 11.6 Å². The fourth-order valence-electron chi connectivity index (χ4n) is 2.61. The van der Waals surface area contributed by atoms with Crippen LogP contribution in [0.5, 0.6) is 5.75 Å². The van der Waals surface area contributed by atoms with Gasteiger partial charge in [-0.05, 0) is 48.4 Å². The molecule has 0 saturated heterocycles. The van der Waals surface area contributed by atoms with Crippen LogP contribution in [-0.2, 0) is 16.1 Å². The molecule has 2 atom stereocenters. The second kappa shape index (κ2) is 7.34. The van der Waals surface area contributed by atoms with E-state index in [4.69, 9.17) is 4.74 Å². The van der Waals surface area contributed by atoms with Crippen LogP contribution in [-0.4, -0.2) is 18.9 Å². The van der Waals surface area contributed by atoms with Gasteiger partial charge in [0.25, 0.3) is 0 Å². The number of hydrogen-bond acceptors (Lipinski definition) is 3. The van der Waals surface area contributed by atoms with Gasteiger partial charge in [0.15, 0.2) is 0 Å². The Balaban J connectivity index is 1.46. The first-order valence-corrected chi connectivity index (χ1v) is 8.04. The van der Waals surface area contributed by atoms with Crippen molar-refractivity contribution in [2.75, 3.05) is 12.4 Å². The van der Waals surface area contributed by atoms with E-state index in [0.717, 1.165) is 11.3 Å². The van der Waals surface area contributed by atoms with Crippen LogP contribution in [0.25, 0.3) is 0 Å². The van der Waals surface area contributed by atoms with Crippen LogP contribution >= 0.6 is 0 Å². The number of rotatable bonds is 6. The number of ether oxygens (including phenoxy) is 1. The summed E-state index contributed by atoms with van der Waals surface area (Å²) in [6, 6.07) is 13.0. The van der Waals surface area contributed by atoms with Crippen LogP contribution in [0.4, 0.5) is 10.1 Å². The lowest BCUT2D eigenvalue weighted by atomic mass is 10.2. The van der Waals surface area contributed by atoms with Gasteiger partial charge < -0.3 is 15.4 Å². The molecule has 0 aromatic heterocycles. The highest BCUT2D eigenvalue weighted by molar-refractivity contribution is 5.99. The zero-order chi connectivity index (χ0) is 17.8. The lowest BCUT2D eigenvalue weighted by Gasteiger charge is -2.07.